The molecule has 26 heteroatoms. The number of benzene rings is 6. The Morgan fingerprint density at radius 1 is 0.447 bits per heavy atom. The van der Waals surface area contributed by atoms with Gasteiger partial charge in [0.1, 0.15) is 24.7 Å². The minimum atomic E-state index is -5.03. The first-order chi connectivity index (χ1) is 35.3. The minimum absolute atomic E-state index is 0.00149. The van der Waals surface area contributed by atoms with Crippen molar-refractivity contribution in [2.45, 2.75) is 61.7 Å². The molecule has 0 saturated carbocycles. The van der Waals surface area contributed by atoms with Crippen molar-refractivity contribution >= 4 is 11.4 Å². The van der Waals surface area contributed by atoms with Crippen LogP contribution in [0.3, 0.4) is 0 Å². The van der Waals surface area contributed by atoms with Crippen molar-refractivity contribution in [3.8, 4) is 45.3 Å². The lowest BCUT2D eigenvalue weighted by atomic mass is 9.97. The van der Waals surface area contributed by atoms with Crippen molar-refractivity contribution < 1.29 is 108 Å². The topological polar surface area (TPSA) is 83.9 Å². The fourth-order valence-electron chi connectivity index (χ4n) is 8.25. The fourth-order valence-corrected chi connectivity index (χ4v) is 8.25. The third kappa shape index (κ3) is 13.8. The molecule has 408 valence electrons. The Balaban J connectivity index is 0.000000221. The van der Waals surface area contributed by atoms with Crippen LogP contribution in [0.15, 0.2) is 133 Å². The maximum Gasteiger partial charge on any atom is 0.573 e. The second kappa shape index (κ2) is 21.4. The van der Waals surface area contributed by atoms with E-state index < -0.39 is 111 Å². The number of para-hydroxylation sites is 2. The third-order valence-corrected chi connectivity index (χ3v) is 11.6. The molecule has 0 amide bonds. The van der Waals surface area contributed by atoms with Gasteiger partial charge in [-0.05, 0) is 82.9 Å². The molecular weight excluding hydrogens is 1070 g/mol. The summed E-state index contributed by atoms with van der Waals surface area (Å²) in [6.45, 7) is -2.90. The van der Waals surface area contributed by atoms with Gasteiger partial charge in [0.15, 0.2) is 23.7 Å². The van der Waals surface area contributed by atoms with E-state index in [1.165, 1.54) is 72.8 Å². The average molecular weight is 1100 g/mol. The van der Waals surface area contributed by atoms with Gasteiger partial charge >= 0.3 is 37.4 Å². The Labute approximate surface area is 417 Å². The van der Waals surface area contributed by atoms with Gasteiger partial charge in [-0.3, -0.25) is 0 Å². The van der Waals surface area contributed by atoms with E-state index in [0.717, 1.165) is 70.5 Å². The Morgan fingerprint density at radius 2 is 0.789 bits per heavy atom. The standard InChI is InChI=1S/2C25H18F9NO3/c2*26-23(27,28)16-6-1-5-15(10-16)20-13-37-22-18(14-4-2-7-17(11-14)38-25(32,33)34)8-3-9-19(22)35(20)12-21(36)24(29,30)31/h2*1-11,20-21,36H,12-13H2. The number of β-amino-alcohol motifs (C(OH)–C–C–N with tert-alkyl or cyclic N) is 2. The molecule has 0 spiro atoms. The van der Waals surface area contributed by atoms with Gasteiger partial charge in [0.2, 0.25) is 0 Å². The minimum Gasteiger partial charge on any atom is -0.488 e. The second-order valence-electron chi connectivity index (χ2n) is 16.8. The molecule has 0 fully saturated rings. The Hall–Kier alpha value is -7.22. The molecule has 0 radical (unpaired) electrons. The predicted molar refractivity (Wildman–Crippen MR) is 235 cm³/mol. The third-order valence-electron chi connectivity index (χ3n) is 11.6. The van der Waals surface area contributed by atoms with Crippen LogP contribution in [0.5, 0.6) is 23.0 Å². The highest BCUT2D eigenvalue weighted by Crippen LogP contribution is 2.49. The second-order valence-corrected chi connectivity index (χ2v) is 16.8. The maximum absolute atomic E-state index is 13.3. The molecule has 6 aromatic rings. The summed E-state index contributed by atoms with van der Waals surface area (Å²) in [5, 5.41) is 19.7. The highest BCUT2D eigenvalue weighted by Gasteiger charge is 2.45. The number of halogens is 18. The molecular formula is C50H36F18N2O6. The zero-order valence-corrected chi connectivity index (χ0v) is 38.1. The summed E-state index contributed by atoms with van der Waals surface area (Å²) < 4.78 is 255. The number of aliphatic hydroxyl groups excluding tert-OH is 2. The number of rotatable bonds is 10. The lowest BCUT2D eigenvalue weighted by Crippen LogP contribution is -2.46. The van der Waals surface area contributed by atoms with E-state index in [-0.39, 0.29) is 56.3 Å². The number of hydrogen-bond donors (Lipinski definition) is 2. The number of nitrogens with zero attached hydrogens (tertiary/aromatic N) is 2. The number of ether oxygens (including phenoxy) is 4. The zero-order valence-electron chi connectivity index (χ0n) is 38.1. The highest BCUT2D eigenvalue weighted by atomic mass is 19.4. The Bertz CT molecular complexity index is 2770. The molecule has 2 aliphatic rings. The van der Waals surface area contributed by atoms with Crippen LogP contribution in [0.2, 0.25) is 0 Å². The first kappa shape index (κ1) is 56.5. The number of fused-ring (bicyclic) bond motifs is 2. The van der Waals surface area contributed by atoms with Gasteiger partial charge in [-0.25, -0.2) is 0 Å². The van der Waals surface area contributed by atoms with E-state index in [2.05, 4.69) is 9.47 Å². The van der Waals surface area contributed by atoms with Gasteiger partial charge in [-0.2, -0.15) is 52.7 Å². The smallest absolute Gasteiger partial charge is 0.488 e. The lowest BCUT2D eigenvalue weighted by Gasteiger charge is -2.41. The monoisotopic (exact) mass is 1100 g/mol. The molecule has 0 aliphatic carbocycles. The van der Waals surface area contributed by atoms with Crippen molar-refractivity contribution in [1.82, 2.24) is 0 Å². The summed E-state index contributed by atoms with van der Waals surface area (Å²) >= 11 is 0. The molecule has 0 saturated heterocycles. The first-order valence-corrected chi connectivity index (χ1v) is 21.9. The molecule has 8 nitrogen and oxygen atoms in total. The van der Waals surface area contributed by atoms with E-state index >= 15 is 0 Å². The van der Waals surface area contributed by atoms with E-state index in [1.807, 2.05) is 0 Å². The summed E-state index contributed by atoms with van der Waals surface area (Å²) in [6, 6.07) is 23.7. The van der Waals surface area contributed by atoms with Crippen molar-refractivity contribution in [2.75, 3.05) is 36.1 Å². The van der Waals surface area contributed by atoms with Gasteiger partial charge in [0, 0.05) is 11.1 Å². The van der Waals surface area contributed by atoms with Crippen molar-refractivity contribution in [1.29, 1.82) is 0 Å². The van der Waals surface area contributed by atoms with E-state index in [0.29, 0.717) is 0 Å². The Kier molecular flexibility index (Phi) is 15.9. The van der Waals surface area contributed by atoms with Gasteiger partial charge in [-0.1, -0.05) is 72.8 Å². The lowest BCUT2D eigenvalue weighted by molar-refractivity contribution is -0.275. The van der Waals surface area contributed by atoms with Gasteiger partial charge in [0.05, 0.1) is 47.7 Å². The molecule has 76 heavy (non-hydrogen) atoms. The van der Waals surface area contributed by atoms with E-state index in [4.69, 9.17) is 9.47 Å². The van der Waals surface area contributed by atoms with Gasteiger partial charge < -0.3 is 39.0 Å². The largest absolute Gasteiger partial charge is 0.573 e. The highest BCUT2D eigenvalue weighted by molar-refractivity contribution is 5.82. The van der Waals surface area contributed by atoms with Crippen LogP contribution in [0.25, 0.3) is 22.3 Å². The zero-order chi connectivity index (χ0) is 55.8. The van der Waals surface area contributed by atoms with Crippen LogP contribution in [-0.2, 0) is 12.4 Å². The SMILES string of the molecule is OC(CN1c2cccc(-c3cccc(OC(F)(F)F)c3)c2OCC1c1cccc(C(F)(F)F)c1)C(F)(F)F.OC(CN1c2cccc(-c3cccc(OC(F)(F)F)c3)c2OCC1c1cccc(C(F)(F)F)c1)C(F)(F)F. The van der Waals surface area contributed by atoms with Crippen LogP contribution in [0.4, 0.5) is 90.4 Å². The van der Waals surface area contributed by atoms with Crippen molar-refractivity contribution in [3.05, 3.63) is 156 Å². The molecule has 0 aromatic heterocycles. The average Bonchev–Trinajstić information content (AvgIpc) is 3.34. The van der Waals surface area contributed by atoms with Gasteiger partial charge in [-0.15, -0.1) is 26.3 Å². The number of anilines is 2. The van der Waals surface area contributed by atoms with Gasteiger partial charge in [0.25, 0.3) is 0 Å². The predicted octanol–water partition coefficient (Wildman–Crippen LogP) is 14.3. The molecule has 2 heterocycles. The van der Waals surface area contributed by atoms with Crippen LogP contribution in [0, 0.1) is 0 Å². The Morgan fingerprint density at radius 3 is 1.12 bits per heavy atom. The maximum atomic E-state index is 13.3. The summed E-state index contributed by atoms with van der Waals surface area (Å²) in [7, 11) is 0. The molecule has 6 aromatic carbocycles. The first-order valence-electron chi connectivity index (χ1n) is 21.9. The molecule has 2 aliphatic heterocycles. The number of hydrogen-bond acceptors (Lipinski definition) is 8. The van der Waals surface area contributed by atoms with E-state index in [1.54, 1.807) is 0 Å². The molecule has 4 atom stereocenters. The normalized spacial score (nSPS) is 17.0. The summed E-state index contributed by atoms with van der Waals surface area (Å²) in [6.07, 6.45) is -35.1. The molecule has 4 unspecified atom stereocenters. The summed E-state index contributed by atoms with van der Waals surface area (Å²) in [5.74, 6) is -1.13. The molecule has 8 rings (SSSR count). The molecule has 0 bridgehead atoms. The van der Waals surface area contributed by atoms with Crippen molar-refractivity contribution in [2.24, 2.45) is 0 Å². The van der Waals surface area contributed by atoms with Crippen LogP contribution in [0.1, 0.15) is 34.3 Å². The van der Waals surface area contributed by atoms with E-state index in [9.17, 15) is 89.2 Å². The van der Waals surface area contributed by atoms with Crippen LogP contribution in [-0.4, -0.2) is 73.8 Å². The number of alkyl halides is 18. The fraction of sp³-hybridized carbons (Fsp3) is 0.280. The summed E-state index contributed by atoms with van der Waals surface area (Å²) in [5.41, 5.74) is -1.30. The van der Waals surface area contributed by atoms with Crippen LogP contribution >= 0.6 is 0 Å². The molecule has 2 N–H and O–H groups in total. The quantitative estimate of drug-likeness (QED) is 0.131. The number of aliphatic hydroxyl groups is 2. The van der Waals surface area contributed by atoms with Crippen LogP contribution < -0.4 is 28.7 Å². The summed E-state index contributed by atoms with van der Waals surface area (Å²) in [4.78, 5) is 2.15. The van der Waals surface area contributed by atoms with Crippen molar-refractivity contribution in [3.63, 3.8) is 0 Å².